The molecule has 1 N–H and O–H groups in total. The van der Waals surface area contributed by atoms with E-state index in [-0.39, 0.29) is 5.91 Å². The molecule has 0 aliphatic carbocycles. The second kappa shape index (κ2) is 5.90. The van der Waals surface area contributed by atoms with E-state index in [1.165, 1.54) is 5.56 Å². The third-order valence-corrected chi connectivity index (χ3v) is 5.10. The van der Waals surface area contributed by atoms with Gasteiger partial charge in [-0.25, -0.2) is 0 Å². The van der Waals surface area contributed by atoms with Crippen LogP contribution in [0.4, 0.5) is 0 Å². The normalized spacial score (nSPS) is 21.2. The van der Waals surface area contributed by atoms with Gasteiger partial charge in [0.2, 0.25) is 0 Å². The lowest BCUT2D eigenvalue weighted by molar-refractivity contribution is 0.0234. The first-order chi connectivity index (χ1) is 11.2. The molecule has 1 aromatic carbocycles. The highest BCUT2D eigenvalue weighted by atomic mass is 16.3. The molecule has 2 heterocycles. The smallest absolute Gasteiger partial charge is 0.270 e. The lowest BCUT2D eigenvalue weighted by Crippen LogP contribution is -2.43. The molecule has 1 atom stereocenters. The van der Waals surface area contributed by atoms with Gasteiger partial charge in [-0.15, -0.1) is 0 Å². The van der Waals surface area contributed by atoms with Crippen LogP contribution in [0.15, 0.2) is 18.2 Å². The van der Waals surface area contributed by atoms with Gasteiger partial charge in [0.15, 0.2) is 0 Å². The highest BCUT2D eigenvalue weighted by molar-refractivity contribution is 6.02. The molecule has 1 aliphatic rings. The lowest BCUT2D eigenvalue weighted by Gasteiger charge is -2.26. The van der Waals surface area contributed by atoms with Crippen LogP contribution in [0.5, 0.6) is 0 Å². The predicted octanol–water partition coefficient (Wildman–Crippen LogP) is 1.93. The van der Waals surface area contributed by atoms with Crippen LogP contribution in [-0.4, -0.2) is 64.7 Å². The van der Waals surface area contributed by atoms with Gasteiger partial charge in [-0.3, -0.25) is 4.79 Å². The van der Waals surface area contributed by atoms with Crippen LogP contribution >= 0.6 is 0 Å². The second-order valence-electron chi connectivity index (χ2n) is 7.44. The van der Waals surface area contributed by atoms with Crippen molar-refractivity contribution in [1.82, 2.24) is 14.4 Å². The first-order valence-electron chi connectivity index (χ1n) is 8.44. The third-order valence-electron chi connectivity index (χ3n) is 5.10. The van der Waals surface area contributed by atoms with E-state index in [9.17, 15) is 9.90 Å². The maximum absolute atomic E-state index is 13.1. The van der Waals surface area contributed by atoms with Gasteiger partial charge in [-0.05, 0) is 45.5 Å². The largest absolute Gasteiger partial charge is 0.387 e. The summed E-state index contributed by atoms with van der Waals surface area (Å²) in [5.74, 6) is 0.0141. The maximum atomic E-state index is 13.1. The summed E-state index contributed by atoms with van der Waals surface area (Å²) in [4.78, 5) is 16.9. The molecule has 5 heteroatoms. The first-order valence-corrected chi connectivity index (χ1v) is 8.44. The summed E-state index contributed by atoms with van der Waals surface area (Å²) in [6.07, 6.45) is 0.624. The minimum absolute atomic E-state index is 0.0141. The number of carbonyl (C=O) groups excluding carboxylic acids is 1. The van der Waals surface area contributed by atoms with E-state index in [2.05, 4.69) is 19.1 Å². The van der Waals surface area contributed by atoms with Crippen LogP contribution in [0.25, 0.3) is 10.9 Å². The molecule has 1 aliphatic heterocycles. The predicted molar refractivity (Wildman–Crippen MR) is 96.4 cm³/mol. The molecule has 2 aromatic rings. The summed E-state index contributed by atoms with van der Waals surface area (Å²) >= 11 is 0. The van der Waals surface area contributed by atoms with Gasteiger partial charge in [0.25, 0.3) is 5.91 Å². The molecule has 1 fully saturated rings. The molecule has 24 heavy (non-hydrogen) atoms. The van der Waals surface area contributed by atoms with Crippen molar-refractivity contribution in [2.45, 2.75) is 25.9 Å². The SMILES string of the molecule is Cc1c(C(=O)N2CCC(O)(CN(C)C)C2)n(C)c2c(C)cccc12. The van der Waals surface area contributed by atoms with E-state index in [1.807, 2.05) is 43.6 Å². The van der Waals surface area contributed by atoms with Crippen LogP contribution in [0, 0.1) is 13.8 Å². The molecule has 0 saturated carbocycles. The topological polar surface area (TPSA) is 48.7 Å². The quantitative estimate of drug-likeness (QED) is 0.936. The number of aromatic nitrogens is 1. The van der Waals surface area contributed by atoms with E-state index in [4.69, 9.17) is 0 Å². The van der Waals surface area contributed by atoms with E-state index in [1.54, 1.807) is 4.90 Å². The summed E-state index contributed by atoms with van der Waals surface area (Å²) in [6, 6.07) is 6.17. The molecule has 0 radical (unpaired) electrons. The van der Waals surface area contributed by atoms with Crippen LogP contribution in [0.1, 0.15) is 28.0 Å². The summed E-state index contributed by atoms with van der Waals surface area (Å²) < 4.78 is 2.01. The number of aryl methyl sites for hydroxylation is 3. The number of rotatable bonds is 3. The third kappa shape index (κ3) is 2.72. The Morgan fingerprint density at radius 3 is 2.67 bits per heavy atom. The average Bonchev–Trinajstić information content (AvgIpc) is 2.98. The van der Waals surface area contributed by atoms with E-state index in [0.717, 1.165) is 22.2 Å². The fourth-order valence-electron chi connectivity index (χ4n) is 4.10. The molecule has 130 valence electrons. The number of nitrogens with zero attached hydrogens (tertiary/aromatic N) is 3. The highest BCUT2D eigenvalue weighted by Crippen LogP contribution is 2.30. The number of likely N-dealkylation sites (tertiary alicyclic amines) is 1. The summed E-state index contributed by atoms with van der Waals surface area (Å²) in [6.45, 7) is 5.65. The molecular formula is C19H27N3O2. The average molecular weight is 329 g/mol. The van der Waals surface area contributed by atoms with Gasteiger partial charge in [-0.1, -0.05) is 18.2 Å². The van der Waals surface area contributed by atoms with Gasteiger partial charge in [0.05, 0.1) is 17.7 Å². The van der Waals surface area contributed by atoms with E-state index in [0.29, 0.717) is 26.1 Å². The van der Waals surface area contributed by atoms with Crippen molar-refractivity contribution in [1.29, 1.82) is 0 Å². The Morgan fingerprint density at radius 2 is 2.04 bits per heavy atom. The number of hydrogen-bond donors (Lipinski definition) is 1. The Morgan fingerprint density at radius 1 is 1.33 bits per heavy atom. The van der Waals surface area contributed by atoms with Crippen molar-refractivity contribution in [2.75, 3.05) is 33.7 Å². The number of amides is 1. The lowest BCUT2D eigenvalue weighted by atomic mass is 10.0. The van der Waals surface area contributed by atoms with Crippen LogP contribution in [0.2, 0.25) is 0 Å². The second-order valence-corrected chi connectivity index (χ2v) is 7.44. The van der Waals surface area contributed by atoms with Crippen LogP contribution < -0.4 is 0 Å². The number of benzene rings is 1. The fraction of sp³-hybridized carbons (Fsp3) is 0.526. The zero-order valence-corrected chi connectivity index (χ0v) is 15.3. The van der Waals surface area contributed by atoms with Crippen LogP contribution in [-0.2, 0) is 7.05 Å². The molecule has 0 bridgehead atoms. The molecule has 1 amide bonds. The molecule has 5 nitrogen and oxygen atoms in total. The van der Waals surface area contributed by atoms with Crippen molar-refractivity contribution < 1.29 is 9.90 Å². The van der Waals surface area contributed by atoms with Crippen molar-refractivity contribution in [3.8, 4) is 0 Å². The number of para-hydroxylation sites is 1. The Balaban J connectivity index is 1.95. The summed E-state index contributed by atoms with van der Waals surface area (Å²) in [7, 11) is 5.84. The van der Waals surface area contributed by atoms with Crippen molar-refractivity contribution in [2.24, 2.45) is 7.05 Å². The van der Waals surface area contributed by atoms with Gasteiger partial charge in [0, 0.05) is 25.5 Å². The van der Waals surface area contributed by atoms with Crippen LogP contribution in [0.3, 0.4) is 0 Å². The fourth-order valence-corrected chi connectivity index (χ4v) is 4.10. The summed E-state index contributed by atoms with van der Waals surface area (Å²) in [5, 5.41) is 11.8. The Hall–Kier alpha value is -1.85. The van der Waals surface area contributed by atoms with Gasteiger partial charge >= 0.3 is 0 Å². The van der Waals surface area contributed by atoms with Gasteiger partial charge in [0.1, 0.15) is 5.69 Å². The van der Waals surface area contributed by atoms with Gasteiger partial charge < -0.3 is 19.5 Å². The highest BCUT2D eigenvalue weighted by Gasteiger charge is 2.39. The summed E-state index contributed by atoms with van der Waals surface area (Å²) in [5.41, 5.74) is 3.22. The van der Waals surface area contributed by atoms with Crippen molar-refractivity contribution >= 4 is 16.8 Å². The number of fused-ring (bicyclic) bond motifs is 1. The first kappa shape index (κ1) is 17.0. The monoisotopic (exact) mass is 329 g/mol. The number of likely N-dealkylation sites (N-methyl/N-ethyl adjacent to an activating group) is 1. The minimum Gasteiger partial charge on any atom is -0.387 e. The Bertz CT molecular complexity index is 793. The Kier molecular flexibility index (Phi) is 4.18. The molecule has 3 rings (SSSR count). The standard InChI is InChI=1S/C19H27N3O2/c1-13-7-6-8-15-14(2)17(21(5)16(13)15)18(23)22-10-9-19(24,12-22)11-20(3)4/h6-8,24H,9-12H2,1-5H3. The number of hydrogen-bond acceptors (Lipinski definition) is 3. The minimum atomic E-state index is -0.812. The number of β-amino-alcohol motifs (C(OH)–C–C–N with tert-alkyl or cyclic N) is 1. The number of carbonyl (C=O) groups is 1. The zero-order valence-electron chi connectivity index (χ0n) is 15.3. The van der Waals surface area contributed by atoms with E-state index < -0.39 is 5.60 Å². The molecular weight excluding hydrogens is 302 g/mol. The van der Waals surface area contributed by atoms with E-state index >= 15 is 0 Å². The zero-order chi connectivity index (χ0) is 17.6. The molecule has 0 spiro atoms. The molecule has 1 aromatic heterocycles. The maximum Gasteiger partial charge on any atom is 0.270 e. The van der Waals surface area contributed by atoms with Crippen molar-refractivity contribution in [3.05, 3.63) is 35.0 Å². The molecule has 1 unspecified atom stereocenters. The Labute approximate surface area is 143 Å². The van der Waals surface area contributed by atoms with Gasteiger partial charge in [-0.2, -0.15) is 0 Å². The number of aliphatic hydroxyl groups is 1. The molecule has 1 saturated heterocycles. The van der Waals surface area contributed by atoms with Crippen molar-refractivity contribution in [3.63, 3.8) is 0 Å².